The predicted octanol–water partition coefficient (Wildman–Crippen LogP) is 3.75. The first-order chi connectivity index (χ1) is 10.2. The molecule has 0 saturated carbocycles. The third kappa shape index (κ3) is 1.91. The highest BCUT2D eigenvalue weighted by molar-refractivity contribution is 5.83. The van der Waals surface area contributed by atoms with Gasteiger partial charge in [-0.05, 0) is 22.4 Å². The van der Waals surface area contributed by atoms with E-state index in [1.807, 2.05) is 42.5 Å². The van der Waals surface area contributed by atoms with Crippen LogP contribution in [0.15, 0.2) is 55.1 Å². The molecule has 0 aliphatic carbocycles. The van der Waals surface area contributed by atoms with E-state index in [1.54, 1.807) is 6.08 Å². The first kappa shape index (κ1) is 13.4. The van der Waals surface area contributed by atoms with Crippen molar-refractivity contribution >= 4 is 10.8 Å². The quantitative estimate of drug-likeness (QED) is 0.784. The largest absolute Gasteiger partial charge is 0.370 e. The summed E-state index contributed by atoms with van der Waals surface area (Å²) in [5.74, 6) is -0.274. The Hall–Kier alpha value is -2.62. The van der Waals surface area contributed by atoms with Gasteiger partial charge in [-0.25, -0.2) is 0 Å². The zero-order valence-corrected chi connectivity index (χ0v) is 11.5. The first-order valence-electron chi connectivity index (χ1n) is 6.80. The fraction of sp³-hybridized carbons (Fsp3) is 0.222. The molecule has 0 amide bonds. The lowest BCUT2D eigenvalue weighted by molar-refractivity contribution is 0.0864. The number of fused-ring (bicyclic) bond motifs is 1. The maximum absolute atomic E-state index is 9.56. The lowest BCUT2D eigenvalue weighted by Gasteiger charge is -2.23. The van der Waals surface area contributed by atoms with E-state index in [-0.39, 0.29) is 5.92 Å². The van der Waals surface area contributed by atoms with Crippen molar-refractivity contribution in [3.8, 4) is 12.1 Å². The maximum Gasteiger partial charge on any atom is 0.182 e. The molecule has 1 aliphatic heterocycles. The van der Waals surface area contributed by atoms with E-state index in [9.17, 15) is 10.5 Å². The van der Waals surface area contributed by atoms with E-state index in [4.69, 9.17) is 4.74 Å². The number of ether oxygens (including phenoxy) is 1. The summed E-state index contributed by atoms with van der Waals surface area (Å²) < 4.78 is 5.77. The highest BCUT2D eigenvalue weighted by Crippen LogP contribution is 2.49. The zero-order valence-electron chi connectivity index (χ0n) is 11.5. The van der Waals surface area contributed by atoms with Crippen molar-refractivity contribution in [3.05, 3.63) is 60.7 Å². The average Bonchev–Trinajstić information content (AvgIpc) is 2.93. The SMILES string of the molecule is C=C[C@H]1CO[C@H](c2ccc3ccccc3c2)C1(C#N)C#N. The van der Waals surface area contributed by atoms with Crippen LogP contribution in [0.25, 0.3) is 10.8 Å². The van der Waals surface area contributed by atoms with Crippen LogP contribution < -0.4 is 0 Å². The molecule has 0 unspecified atom stereocenters. The van der Waals surface area contributed by atoms with E-state index >= 15 is 0 Å². The minimum atomic E-state index is -1.20. The summed E-state index contributed by atoms with van der Waals surface area (Å²) >= 11 is 0. The molecule has 3 rings (SSSR count). The normalized spacial score (nSPS) is 23.3. The molecule has 2 aromatic rings. The predicted molar refractivity (Wildman–Crippen MR) is 80.0 cm³/mol. The second kappa shape index (κ2) is 5.05. The van der Waals surface area contributed by atoms with Crippen molar-refractivity contribution in [1.29, 1.82) is 10.5 Å². The van der Waals surface area contributed by atoms with Crippen molar-refractivity contribution in [3.63, 3.8) is 0 Å². The molecular formula is C18H14N2O. The van der Waals surface area contributed by atoms with E-state index in [2.05, 4.69) is 18.7 Å². The van der Waals surface area contributed by atoms with Crippen LogP contribution in [0.1, 0.15) is 11.7 Å². The number of hydrogen-bond acceptors (Lipinski definition) is 3. The molecule has 1 fully saturated rings. The summed E-state index contributed by atoms with van der Waals surface area (Å²) in [5.41, 5.74) is -0.342. The Balaban J connectivity index is 2.12. The molecule has 3 nitrogen and oxygen atoms in total. The molecule has 1 aliphatic rings. The number of nitrogens with zero attached hydrogens (tertiary/aromatic N) is 2. The van der Waals surface area contributed by atoms with Gasteiger partial charge in [-0.3, -0.25) is 0 Å². The van der Waals surface area contributed by atoms with Crippen LogP contribution in [0.3, 0.4) is 0 Å². The Morgan fingerprint density at radius 2 is 1.86 bits per heavy atom. The van der Waals surface area contributed by atoms with Gasteiger partial charge in [-0.15, -0.1) is 6.58 Å². The summed E-state index contributed by atoms with van der Waals surface area (Å²) in [7, 11) is 0. The minimum absolute atomic E-state index is 0.274. The Labute approximate surface area is 123 Å². The van der Waals surface area contributed by atoms with Crippen molar-refractivity contribution in [2.45, 2.75) is 6.10 Å². The number of hydrogen-bond donors (Lipinski definition) is 0. The standard InChI is InChI=1S/C18H14N2O/c1-2-16-10-21-17(18(16,11-19)12-20)15-8-7-13-5-3-4-6-14(13)9-15/h2-9,16-17H,1,10H2/t16-,17+/m0/s1. The topological polar surface area (TPSA) is 56.8 Å². The molecule has 1 saturated heterocycles. The van der Waals surface area contributed by atoms with Gasteiger partial charge in [0.15, 0.2) is 5.41 Å². The molecule has 0 radical (unpaired) electrons. The molecule has 102 valence electrons. The Bertz CT molecular complexity index is 768. The maximum atomic E-state index is 9.56. The number of benzene rings is 2. The Morgan fingerprint density at radius 3 is 2.52 bits per heavy atom. The van der Waals surface area contributed by atoms with Crippen molar-refractivity contribution < 1.29 is 4.74 Å². The highest BCUT2D eigenvalue weighted by atomic mass is 16.5. The first-order valence-corrected chi connectivity index (χ1v) is 6.80. The van der Waals surface area contributed by atoms with Crippen LogP contribution in [0, 0.1) is 34.0 Å². The minimum Gasteiger partial charge on any atom is -0.370 e. The molecule has 21 heavy (non-hydrogen) atoms. The van der Waals surface area contributed by atoms with Gasteiger partial charge in [0, 0.05) is 5.92 Å². The Kier molecular flexibility index (Phi) is 3.22. The van der Waals surface area contributed by atoms with Crippen LogP contribution in [0.4, 0.5) is 0 Å². The van der Waals surface area contributed by atoms with Gasteiger partial charge >= 0.3 is 0 Å². The smallest absolute Gasteiger partial charge is 0.182 e. The monoisotopic (exact) mass is 274 g/mol. The van der Waals surface area contributed by atoms with E-state index < -0.39 is 11.5 Å². The third-order valence-corrected chi connectivity index (χ3v) is 4.17. The molecule has 2 aromatic carbocycles. The van der Waals surface area contributed by atoms with Crippen LogP contribution in [-0.4, -0.2) is 6.61 Å². The second-order valence-corrected chi connectivity index (χ2v) is 5.25. The van der Waals surface area contributed by atoms with E-state index in [0.717, 1.165) is 16.3 Å². The zero-order chi connectivity index (χ0) is 14.9. The summed E-state index contributed by atoms with van der Waals surface area (Å²) in [6.45, 7) is 4.08. The molecule has 0 N–H and O–H groups in total. The van der Waals surface area contributed by atoms with Crippen molar-refractivity contribution in [2.24, 2.45) is 11.3 Å². The summed E-state index contributed by atoms with van der Waals surface area (Å²) in [5, 5.41) is 21.3. The van der Waals surface area contributed by atoms with Gasteiger partial charge in [0.25, 0.3) is 0 Å². The number of nitriles is 2. The summed E-state index contributed by atoms with van der Waals surface area (Å²) in [6.07, 6.45) is 1.10. The molecule has 0 aromatic heterocycles. The second-order valence-electron chi connectivity index (χ2n) is 5.25. The van der Waals surface area contributed by atoms with Crippen LogP contribution >= 0.6 is 0 Å². The fourth-order valence-corrected chi connectivity index (χ4v) is 2.95. The van der Waals surface area contributed by atoms with Gasteiger partial charge in [-0.1, -0.05) is 42.5 Å². The average molecular weight is 274 g/mol. The van der Waals surface area contributed by atoms with Crippen molar-refractivity contribution in [2.75, 3.05) is 6.61 Å². The van der Waals surface area contributed by atoms with E-state index in [1.165, 1.54) is 0 Å². The van der Waals surface area contributed by atoms with Crippen LogP contribution in [0.2, 0.25) is 0 Å². The molecule has 3 heteroatoms. The van der Waals surface area contributed by atoms with Crippen LogP contribution in [0.5, 0.6) is 0 Å². The Morgan fingerprint density at radius 1 is 1.14 bits per heavy atom. The lowest BCUT2D eigenvalue weighted by atomic mass is 9.73. The summed E-state index contributed by atoms with van der Waals surface area (Å²) in [6, 6.07) is 18.3. The van der Waals surface area contributed by atoms with Crippen LogP contribution in [-0.2, 0) is 4.74 Å². The molecular weight excluding hydrogens is 260 g/mol. The molecule has 0 bridgehead atoms. The van der Waals surface area contributed by atoms with Gasteiger partial charge in [0.05, 0.1) is 18.7 Å². The van der Waals surface area contributed by atoms with Crippen molar-refractivity contribution in [1.82, 2.24) is 0 Å². The van der Waals surface area contributed by atoms with Gasteiger partial charge in [0.1, 0.15) is 6.10 Å². The number of rotatable bonds is 2. The van der Waals surface area contributed by atoms with Gasteiger partial charge in [-0.2, -0.15) is 10.5 Å². The molecule has 1 heterocycles. The third-order valence-electron chi connectivity index (χ3n) is 4.17. The molecule has 0 spiro atoms. The fourth-order valence-electron chi connectivity index (χ4n) is 2.95. The van der Waals surface area contributed by atoms with Gasteiger partial charge < -0.3 is 4.74 Å². The highest BCUT2D eigenvalue weighted by Gasteiger charge is 2.52. The molecule has 2 atom stereocenters. The lowest BCUT2D eigenvalue weighted by Crippen LogP contribution is -2.27. The summed E-state index contributed by atoms with van der Waals surface area (Å²) in [4.78, 5) is 0. The van der Waals surface area contributed by atoms with E-state index in [0.29, 0.717) is 6.61 Å². The van der Waals surface area contributed by atoms with Gasteiger partial charge in [0.2, 0.25) is 0 Å².